The highest BCUT2D eigenvalue weighted by Crippen LogP contribution is 2.20. The summed E-state index contributed by atoms with van der Waals surface area (Å²) in [5.41, 5.74) is 0. The molecule has 0 amide bonds. The van der Waals surface area contributed by atoms with Crippen LogP contribution in [0.1, 0.15) is 61.6 Å². The van der Waals surface area contributed by atoms with Gasteiger partial charge in [0.25, 0.3) is 0 Å². The summed E-state index contributed by atoms with van der Waals surface area (Å²) in [7, 11) is 0. The van der Waals surface area contributed by atoms with Crippen LogP contribution in [0, 0.1) is 6.92 Å². The van der Waals surface area contributed by atoms with Crippen molar-refractivity contribution in [3.63, 3.8) is 0 Å². The first-order valence-electron chi connectivity index (χ1n) is 7.66. The molecule has 0 spiro atoms. The summed E-state index contributed by atoms with van der Waals surface area (Å²) in [6.45, 7) is 2.85. The first-order valence-corrected chi connectivity index (χ1v) is 7.66. The fourth-order valence-corrected chi connectivity index (χ4v) is 2.59. The number of hydrogen-bond acceptors (Lipinski definition) is 7. The molecule has 1 aliphatic rings. The molecule has 21 heavy (non-hydrogen) atoms. The van der Waals surface area contributed by atoms with E-state index in [1.807, 2.05) is 6.92 Å². The Balaban J connectivity index is 1.50. The predicted molar refractivity (Wildman–Crippen MR) is 74.6 cm³/mol. The molecule has 1 fully saturated rings. The molecule has 7 heteroatoms. The lowest BCUT2D eigenvalue weighted by Gasteiger charge is -2.09. The van der Waals surface area contributed by atoms with Gasteiger partial charge in [-0.25, -0.2) is 0 Å². The van der Waals surface area contributed by atoms with Gasteiger partial charge in [-0.3, -0.25) is 0 Å². The van der Waals surface area contributed by atoms with E-state index in [4.69, 9.17) is 9.05 Å². The highest BCUT2D eigenvalue weighted by molar-refractivity contribution is 4.95. The fourth-order valence-electron chi connectivity index (χ4n) is 2.59. The van der Waals surface area contributed by atoms with Gasteiger partial charge in [0.2, 0.25) is 11.8 Å². The average molecular weight is 291 g/mol. The molecule has 1 aliphatic heterocycles. The van der Waals surface area contributed by atoms with E-state index >= 15 is 0 Å². The topological polar surface area (TPSA) is 89.9 Å². The van der Waals surface area contributed by atoms with Gasteiger partial charge in [0.1, 0.15) is 0 Å². The van der Waals surface area contributed by atoms with E-state index in [1.165, 1.54) is 19.3 Å². The minimum absolute atomic E-state index is 0.239. The van der Waals surface area contributed by atoms with Crippen molar-refractivity contribution in [3.8, 4) is 0 Å². The summed E-state index contributed by atoms with van der Waals surface area (Å²) in [5.74, 6) is 2.81. The molecule has 0 aromatic carbocycles. The molecule has 0 radical (unpaired) electrons. The van der Waals surface area contributed by atoms with Crippen molar-refractivity contribution in [3.05, 3.63) is 23.4 Å². The van der Waals surface area contributed by atoms with Crippen LogP contribution in [0.3, 0.4) is 0 Å². The Morgan fingerprint density at radius 3 is 2.67 bits per heavy atom. The Bertz CT molecular complexity index is 557. The summed E-state index contributed by atoms with van der Waals surface area (Å²) in [6.07, 6.45) is 7.14. The molecule has 114 valence electrons. The lowest BCUT2D eigenvalue weighted by Crippen LogP contribution is -2.21. The molecule has 0 unspecified atom stereocenters. The van der Waals surface area contributed by atoms with Gasteiger partial charge < -0.3 is 14.4 Å². The van der Waals surface area contributed by atoms with Gasteiger partial charge in [0.05, 0.1) is 6.04 Å². The molecule has 1 saturated heterocycles. The normalized spacial score (nSPS) is 19.6. The van der Waals surface area contributed by atoms with Gasteiger partial charge in [0, 0.05) is 12.8 Å². The largest absolute Gasteiger partial charge is 0.339 e. The van der Waals surface area contributed by atoms with Crippen LogP contribution in [-0.4, -0.2) is 26.8 Å². The maximum Gasteiger partial charge on any atom is 0.226 e. The Morgan fingerprint density at radius 2 is 1.86 bits per heavy atom. The van der Waals surface area contributed by atoms with E-state index in [1.54, 1.807) is 0 Å². The molecular formula is C14H21N5O2. The van der Waals surface area contributed by atoms with Crippen molar-refractivity contribution >= 4 is 0 Å². The van der Waals surface area contributed by atoms with Crippen LogP contribution in [-0.2, 0) is 12.8 Å². The number of hydrogen-bond donors (Lipinski definition) is 1. The van der Waals surface area contributed by atoms with Crippen LogP contribution in [0.4, 0.5) is 0 Å². The summed E-state index contributed by atoms with van der Waals surface area (Å²) < 4.78 is 10.4. The molecule has 0 bridgehead atoms. The van der Waals surface area contributed by atoms with Gasteiger partial charge in [-0.05, 0) is 32.7 Å². The van der Waals surface area contributed by atoms with Crippen LogP contribution in [0.15, 0.2) is 9.05 Å². The van der Waals surface area contributed by atoms with Crippen LogP contribution in [0.25, 0.3) is 0 Å². The lowest BCUT2D eigenvalue weighted by molar-refractivity contribution is 0.351. The first kappa shape index (κ1) is 14.2. The first-order chi connectivity index (χ1) is 10.3. The number of nitrogens with zero attached hydrogens (tertiary/aromatic N) is 4. The number of aryl methyl sites for hydroxylation is 3. The van der Waals surface area contributed by atoms with Crippen molar-refractivity contribution in [2.24, 2.45) is 0 Å². The molecular weight excluding hydrogens is 270 g/mol. The Morgan fingerprint density at radius 1 is 1.05 bits per heavy atom. The van der Waals surface area contributed by atoms with E-state index in [0.717, 1.165) is 38.1 Å². The van der Waals surface area contributed by atoms with E-state index in [0.29, 0.717) is 17.6 Å². The second-order valence-electron chi connectivity index (χ2n) is 5.49. The van der Waals surface area contributed by atoms with E-state index < -0.39 is 0 Å². The summed E-state index contributed by atoms with van der Waals surface area (Å²) in [4.78, 5) is 8.68. The lowest BCUT2D eigenvalue weighted by atomic mass is 10.1. The Labute approximate surface area is 123 Å². The molecule has 7 nitrogen and oxygen atoms in total. The van der Waals surface area contributed by atoms with Crippen molar-refractivity contribution in [2.45, 2.75) is 57.9 Å². The smallest absolute Gasteiger partial charge is 0.226 e. The highest BCUT2D eigenvalue weighted by Gasteiger charge is 2.19. The number of rotatable bonds is 5. The van der Waals surface area contributed by atoms with Crippen molar-refractivity contribution in [1.82, 2.24) is 25.6 Å². The average Bonchev–Trinajstić information content (AvgIpc) is 3.01. The van der Waals surface area contributed by atoms with Crippen molar-refractivity contribution in [2.75, 3.05) is 6.54 Å². The summed E-state index contributed by atoms with van der Waals surface area (Å²) in [6, 6.07) is 0.239. The minimum Gasteiger partial charge on any atom is -0.339 e. The third kappa shape index (κ3) is 3.87. The van der Waals surface area contributed by atoms with E-state index in [2.05, 4.69) is 25.6 Å². The van der Waals surface area contributed by atoms with Crippen LogP contribution in [0.5, 0.6) is 0 Å². The molecule has 1 N–H and O–H groups in total. The molecule has 3 rings (SSSR count). The minimum atomic E-state index is 0.239. The fraction of sp³-hybridized carbons (Fsp3) is 0.714. The maximum absolute atomic E-state index is 5.33. The molecule has 1 atom stereocenters. The van der Waals surface area contributed by atoms with E-state index in [9.17, 15) is 0 Å². The molecule has 0 aliphatic carbocycles. The number of nitrogens with one attached hydrogen (secondary N) is 1. The van der Waals surface area contributed by atoms with Crippen molar-refractivity contribution < 1.29 is 9.05 Å². The van der Waals surface area contributed by atoms with Gasteiger partial charge in [-0.15, -0.1) is 0 Å². The van der Waals surface area contributed by atoms with Crippen LogP contribution in [0.2, 0.25) is 0 Å². The van der Waals surface area contributed by atoms with E-state index in [-0.39, 0.29) is 6.04 Å². The SMILES string of the molecule is Cc1noc(CCCc2nc([C@H]3CCCCCN3)no2)n1. The second-order valence-corrected chi connectivity index (χ2v) is 5.49. The molecule has 2 aromatic rings. The second kappa shape index (κ2) is 6.80. The Kier molecular flexibility index (Phi) is 4.59. The number of aromatic nitrogens is 4. The van der Waals surface area contributed by atoms with Gasteiger partial charge in [-0.1, -0.05) is 23.2 Å². The van der Waals surface area contributed by atoms with Crippen LogP contribution >= 0.6 is 0 Å². The third-order valence-corrected chi connectivity index (χ3v) is 3.71. The zero-order valence-electron chi connectivity index (χ0n) is 12.3. The van der Waals surface area contributed by atoms with Crippen molar-refractivity contribution in [1.29, 1.82) is 0 Å². The summed E-state index contributed by atoms with van der Waals surface area (Å²) >= 11 is 0. The predicted octanol–water partition coefficient (Wildman–Crippen LogP) is 2.14. The van der Waals surface area contributed by atoms with Crippen LogP contribution < -0.4 is 5.32 Å². The molecule has 3 heterocycles. The van der Waals surface area contributed by atoms with Gasteiger partial charge >= 0.3 is 0 Å². The van der Waals surface area contributed by atoms with Gasteiger partial charge in [0.15, 0.2) is 11.6 Å². The standard InChI is InChI=1S/C14H21N5O2/c1-10-16-12(20-18-10)7-5-8-13-17-14(19-21-13)11-6-3-2-4-9-15-11/h11,15H,2-9H2,1H3/t11-/m1/s1. The highest BCUT2D eigenvalue weighted by atomic mass is 16.5. The monoisotopic (exact) mass is 291 g/mol. The maximum atomic E-state index is 5.33. The zero-order valence-corrected chi connectivity index (χ0v) is 12.3. The summed E-state index contributed by atoms with van der Waals surface area (Å²) in [5, 5.41) is 11.4. The molecule has 2 aromatic heterocycles. The third-order valence-electron chi connectivity index (χ3n) is 3.71. The molecule has 0 saturated carbocycles. The quantitative estimate of drug-likeness (QED) is 0.902. The van der Waals surface area contributed by atoms with Gasteiger partial charge in [-0.2, -0.15) is 9.97 Å². The zero-order chi connectivity index (χ0) is 14.5. The Hall–Kier alpha value is -1.76.